The molecule has 0 aliphatic carbocycles. The van der Waals surface area contributed by atoms with Gasteiger partial charge in [-0.3, -0.25) is 4.79 Å². The molecule has 24 heavy (non-hydrogen) atoms. The molecule has 0 aromatic heterocycles. The molecule has 1 fully saturated rings. The Hall–Kier alpha value is -1.93. The molecular formula is C18H18IN3O2. The summed E-state index contributed by atoms with van der Waals surface area (Å²) in [5, 5.41) is 4.03. The quantitative estimate of drug-likeness (QED) is 0.457. The lowest BCUT2D eigenvalue weighted by Gasteiger charge is -2.28. The first kappa shape index (κ1) is 16.9. The number of nitrogens with zero attached hydrogens (tertiary/aromatic N) is 2. The lowest BCUT2D eigenvalue weighted by atomic mass is 10.2. The maximum Gasteiger partial charge on any atom is 0.271 e. The Morgan fingerprint density at radius 3 is 2.62 bits per heavy atom. The van der Waals surface area contributed by atoms with E-state index in [9.17, 15) is 4.79 Å². The van der Waals surface area contributed by atoms with Crippen molar-refractivity contribution in [3.63, 3.8) is 0 Å². The van der Waals surface area contributed by atoms with E-state index in [0.717, 1.165) is 35.4 Å². The van der Waals surface area contributed by atoms with Crippen LogP contribution in [0.3, 0.4) is 0 Å². The van der Waals surface area contributed by atoms with Crippen molar-refractivity contribution >= 4 is 40.4 Å². The SMILES string of the molecule is O=C(N/N=C\c1ccc(N2CCOCC2)cc1)c1cccc(I)c1. The number of hydrogen-bond donors (Lipinski definition) is 1. The zero-order valence-electron chi connectivity index (χ0n) is 13.1. The molecule has 1 N–H and O–H groups in total. The molecule has 0 bridgehead atoms. The minimum Gasteiger partial charge on any atom is -0.378 e. The van der Waals surface area contributed by atoms with Crippen LogP contribution in [0.5, 0.6) is 0 Å². The third-order valence-corrected chi connectivity index (χ3v) is 4.41. The van der Waals surface area contributed by atoms with Crippen molar-refractivity contribution in [2.75, 3.05) is 31.2 Å². The van der Waals surface area contributed by atoms with Gasteiger partial charge < -0.3 is 9.64 Å². The van der Waals surface area contributed by atoms with E-state index in [1.54, 1.807) is 12.3 Å². The van der Waals surface area contributed by atoms with E-state index in [0.29, 0.717) is 5.56 Å². The molecule has 5 nitrogen and oxygen atoms in total. The molecular weight excluding hydrogens is 417 g/mol. The van der Waals surface area contributed by atoms with E-state index in [-0.39, 0.29) is 5.91 Å². The van der Waals surface area contributed by atoms with E-state index >= 15 is 0 Å². The largest absolute Gasteiger partial charge is 0.378 e. The second-order valence-corrected chi connectivity index (χ2v) is 6.65. The average molecular weight is 435 g/mol. The topological polar surface area (TPSA) is 53.9 Å². The fraction of sp³-hybridized carbons (Fsp3) is 0.222. The van der Waals surface area contributed by atoms with Crippen LogP contribution in [0.2, 0.25) is 0 Å². The van der Waals surface area contributed by atoms with Gasteiger partial charge in [-0.05, 0) is 58.5 Å². The van der Waals surface area contributed by atoms with Crippen LogP contribution in [0, 0.1) is 3.57 Å². The predicted octanol–water partition coefficient (Wildman–Crippen LogP) is 2.89. The number of anilines is 1. The number of hydrazone groups is 1. The van der Waals surface area contributed by atoms with Crippen LogP contribution in [-0.2, 0) is 4.74 Å². The smallest absolute Gasteiger partial charge is 0.271 e. The Morgan fingerprint density at radius 1 is 1.17 bits per heavy atom. The van der Waals surface area contributed by atoms with E-state index in [1.807, 2.05) is 30.3 Å². The first-order valence-corrected chi connectivity index (χ1v) is 8.82. The lowest BCUT2D eigenvalue weighted by Crippen LogP contribution is -2.36. The third kappa shape index (κ3) is 4.55. The minimum atomic E-state index is -0.213. The molecule has 124 valence electrons. The summed E-state index contributed by atoms with van der Waals surface area (Å²) in [6.07, 6.45) is 1.65. The molecule has 1 aliphatic rings. The molecule has 2 aromatic rings. The first-order chi connectivity index (χ1) is 11.7. The second kappa shape index (κ2) is 8.25. The number of hydrogen-bond acceptors (Lipinski definition) is 4. The fourth-order valence-electron chi connectivity index (χ4n) is 2.45. The number of benzene rings is 2. The van der Waals surface area contributed by atoms with Gasteiger partial charge >= 0.3 is 0 Å². The van der Waals surface area contributed by atoms with Crippen LogP contribution in [-0.4, -0.2) is 38.4 Å². The van der Waals surface area contributed by atoms with Crippen LogP contribution in [0.1, 0.15) is 15.9 Å². The van der Waals surface area contributed by atoms with Gasteiger partial charge in [0.05, 0.1) is 19.4 Å². The zero-order valence-corrected chi connectivity index (χ0v) is 15.3. The summed E-state index contributed by atoms with van der Waals surface area (Å²) in [5.74, 6) is -0.213. The summed E-state index contributed by atoms with van der Waals surface area (Å²) in [4.78, 5) is 14.3. The maximum atomic E-state index is 12.0. The van der Waals surface area contributed by atoms with Crippen LogP contribution in [0.4, 0.5) is 5.69 Å². The Labute approximate surface area is 154 Å². The van der Waals surface area contributed by atoms with Crippen LogP contribution in [0.25, 0.3) is 0 Å². The Balaban J connectivity index is 1.57. The number of carbonyl (C=O) groups excluding carboxylic acids is 1. The minimum absolute atomic E-state index is 0.213. The Bertz CT molecular complexity index is 725. The molecule has 1 aliphatic heterocycles. The number of morpholine rings is 1. The highest BCUT2D eigenvalue weighted by Crippen LogP contribution is 2.16. The van der Waals surface area contributed by atoms with Gasteiger partial charge in [-0.2, -0.15) is 5.10 Å². The molecule has 3 rings (SSSR count). The summed E-state index contributed by atoms with van der Waals surface area (Å²) in [5.41, 5.74) is 5.27. The van der Waals surface area contributed by atoms with Gasteiger partial charge in [-0.15, -0.1) is 0 Å². The molecule has 0 radical (unpaired) electrons. The van der Waals surface area contributed by atoms with Gasteiger partial charge in [0.1, 0.15) is 0 Å². The van der Waals surface area contributed by atoms with Crippen molar-refractivity contribution in [1.29, 1.82) is 0 Å². The second-order valence-electron chi connectivity index (χ2n) is 5.40. The van der Waals surface area contributed by atoms with Crippen molar-refractivity contribution in [1.82, 2.24) is 5.43 Å². The molecule has 0 unspecified atom stereocenters. The number of ether oxygens (including phenoxy) is 1. The molecule has 1 saturated heterocycles. The summed E-state index contributed by atoms with van der Waals surface area (Å²) >= 11 is 2.18. The fourth-order valence-corrected chi connectivity index (χ4v) is 3.00. The van der Waals surface area contributed by atoms with Crippen LogP contribution in [0.15, 0.2) is 53.6 Å². The van der Waals surface area contributed by atoms with Gasteiger partial charge in [0.25, 0.3) is 5.91 Å². The van der Waals surface area contributed by atoms with Crippen LogP contribution >= 0.6 is 22.6 Å². The van der Waals surface area contributed by atoms with Crippen LogP contribution < -0.4 is 10.3 Å². The zero-order chi connectivity index (χ0) is 16.8. The summed E-state index contributed by atoms with van der Waals surface area (Å²) < 4.78 is 6.38. The lowest BCUT2D eigenvalue weighted by molar-refractivity contribution is 0.0955. The Morgan fingerprint density at radius 2 is 1.92 bits per heavy atom. The molecule has 0 spiro atoms. The van der Waals surface area contributed by atoms with E-state index < -0.39 is 0 Å². The standard InChI is InChI=1S/C18H18IN3O2/c19-16-3-1-2-15(12-16)18(23)21-20-13-14-4-6-17(7-5-14)22-8-10-24-11-9-22/h1-7,12-13H,8-11H2,(H,21,23)/b20-13-. The highest BCUT2D eigenvalue weighted by molar-refractivity contribution is 14.1. The van der Waals surface area contributed by atoms with Gasteiger partial charge in [-0.1, -0.05) is 18.2 Å². The Kier molecular flexibility index (Phi) is 5.81. The number of rotatable bonds is 4. The number of carbonyl (C=O) groups is 1. The summed E-state index contributed by atoms with van der Waals surface area (Å²) in [6, 6.07) is 15.5. The molecule has 0 atom stereocenters. The number of nitrogens with one attached hydrogen (secondary N) is 1. The molecule has 6 heteroatoms. The summed E-state index contributed by atoms with van der Waals surface area (Å²) in [6.45, 7) is 3.38. The summed E-state index contributed by atoms with van der Waals surface area (Å²) in [7, 11) is 0. The number of halogens is 1. The highest BCUT2D eigenvalue weighted by Gasteiger charge is 2.10. The first-order valence-electron chi connectivity index (χ1n) is 7.74. The molecule has 1 heterocycles. The number of amides is 1. The van der Waals surface area contributed by atoms with Gasteiger partial charge in [0, 0.05) is 27.9 Å². The van der Waals surface area contributed by atoms with E-state index in [1.165, 1.54) is 5.69 Å². The maximum absolute atomic E-state index is 12.0. The van der Waals surface area contributed by atoms with Crippen molar-refractivity contribution in [3.8, 4) is 0 Å². The van der Waals surface area contributed by atoms with E-state index in [4.69, 9.17) is 4.74 Å². The van der Waals surface area contributed by atoms with E-state index in [2.05, 4.69) is 50.2 Å². The van der Waals surface area contributed by atoms with Gasteiger partial charge in [0.15, 0.2) is 0 Å². The molecule has 2 aromatic carbocycles. The van der Waals surface area contributed by atoms with Crippen molar-refractivity contribution in [3.05, 3.63) is 63.2 Å². The van der Waals surface area contributed by atoms with Crippen molar-refractivity contribution in [2.45, 2.75) is 0 Å². The van der Waals surface area contributed by atoms with Gasteiger partial charge in [0.2, 0.25) is 0 Å². The van der Waals surface area contributed by atoms with Crippen molar-refractivity contribution in [2.24, 2.45) is 5.10 Å². The van der Waals surface area contributed by atoms with Crippen molar-refractivity contribution < 1.29 is 9.53 Å². The predicted molar refractivity (Wildman–Crippen MR) is 104 cm³/mol. The average Bonchev–Trinajstić information content (AvgIpc) is 2.63. The monoisotopic (exact) mass is 435 g/mol. The van der Waals surface area contributed by atoms with Gasteiger partial charge in [-0.25, -0.2) is 5.43 Å². The molecule has 0 saturated carbocycles. The highest BCUT2D eigenvalue weighted by atomic mass is 127. The molecule has 1 amide bonds. The normalized spacial score (nSPS) is 14.8. The third-order valence-electron chi connectivity index (χ3n) is 3.74.